The molecule has 2 rings (SSSR count). The maximum atomic E-state index is 11.9. The van der Waals surface area contributed by atoms with Gasteiger partial charge in [0.15, 0.2) is 5.89 Å². The zero-order chi connectivity index (χ0) is 12.4. The van der Waals surface area contributed by atoms with Gasteiger partial charge >= 0.3 is 0 Å². The molecule has 88 valence electrons. The van der Waals surface area contributed by atoms with Gasteiger partial charge in [-0.1, -0.05) is 0 Å². The number of anilines is 2. The van der Waals surface area contributed by atoms with E-state index in [1.165, 1.54) is 6.20 Å². The molecule has 6 nitrogen and oxygen atoms in total. The summed E-state index contributed by atoms with van der Waals surface area (Å²) in [5.41, 5.74) is 7.11. The minimum atomic E-state index is -0.374. The Morgan fingerprint density at radius 1 is 1.47 bits per heavy atom. The number of pyridine rings is 1. The molecule has 0 radical (unpaired) electrons. The fourth-order valence-electron chi connectivity index (χ4n) is 1.44. The first kappa shape index (κ1) is 11.1. The second-order valence-electron chi connectivity index (χ2n) is 3.56. The van der Waals surface area contributed by atoms with Gasteiger partial charge in [0, 0.05) is 13.1 Å². The van der Waals surface area contributed by atoms with Crippen LogP contribution in [0.5, 0.6) is 0 Å². The second-order valence-corrected chi connectivity index (χ2v) is 3.56. The van der Waals surface area contributed by atoms with Gasteiger partial charge in [-0.15, -0.1) is 0 Å². The van der Waals surface area contributed by atoms with Crippen LogP contribution >= 0.6 is 0 Å². The zero-order valence-electron chi connectivity index (χ0n) is 9.52. The van der Waals surface area contributed by atoms with Crippen LogP contribution in [-0.2, 0) is 0 Å². The van der Waals surface area contributed by atoms with Gasteiger partial charge in [-0.25, -0.2) is 4.98 Å². The van der Waals surface area contributed by atoms with E-state index in [4.69, 9.17) is 10.2 Å². The van der Waals surface area contributed by atoms with E-state index in [1.54, 1.807) is 26.1 Å². The Labute approximate surface area is 97.9 Å². The summed E-state index contributed by atoms with van der Waals surface area (Å²) in [6.07, 6.45) is 3.01. The molecule has 0 aromatic carbocycles. The molecule has 0 unspecified atom stereocenters. The van der Waals surface area contributed by atoms with E-state index < -0.39 is 0 Å². The van der Waals surface area contributed by atoms with Crippen LogP contribution in [0.2, 0.25) is 0 Å². The third-order valence-electron chi connectivity index (χ3n) is 2.21. The molecule has 3 N–H and O–H groups in total. The first-order valence-corrected chi connectivity index (χ1v) is 5.03. The van der Waals surface area contributed by atoms with Gasteiger partial charge in [0.2, 0.25) is 5.76 Å². The number of nitrogens with one attached hydrogen (secondary N) is 1. The molecule has 6 heteroatoms. The van der Waals surface area contributed by atoms with E-state index in [0.29, 0.717) is 23.0 Å². The number of hydrogen-bond donors (Lipinski definition) is 2. The summed E-state index contributed by atoms with van der Waals surface area (Å²) in [6.45, 7) is 3.39. The van der Waals surface area contributed by atoms with Crippen molar-refractivity contribution in [2.75, 3.05) is 11.1 Å². The Kier molecular flexibility index (Phi) is 2.78. The lowest BCUT2D eigenvalue weighted by Crippen LogP contribution is -2.13. The number of nitrogens with two attached hydrogens (primary N) is 1. The highest BCUT2D eigenvalue weighted by Crippen LogP contribution is 2.18. The lowest BCUT2D eigenvalue weighted by Gasteiger charge is -2.05. The predicted molar refractivity (Wildman–Crippen MR) is 62.6 cm³/mol. The molecule has 0 atom stereocenters. The van der Waals surface area contributed by atoms with Gasteiger partial charge in [-0.2, -0.15) is 0 Å². The Morgan fingerprint density at radius 2 is 2.24 bits per heavy atom. The molecule has 2 heterocycles. The van der Waals surface area contributed by atoms with Crippen molar-refractivity contribution in [3.63, 3.8) is 0 Å². The van der Waals surface area contributed by atoms with Crippen LogP contribution in [-0.4, -0.2) is 15.9 Å². The molecule has 0 spiro atoms. The topological polar surface area (TPSA) is 94.0 Å². The van der Waals surface area contributed by atoms with Crippen LogP contribution in [0.15, 0.2) is 22.9 Å². The maximum absolute atomic E-state index is 11.9. The van der Waals surface area contributed by atoms with Crippen molar-refractivity contribution in [2.45, 2.75) is 13.8 Å². The summed E-state index contributed by atoms with van der Waals surface area (Å²) < 4.78 is 5.21. The van der Waals surface area contributed by atoms with Crippen molar-refractivity contribution in [3.05, 3.63) is 35.8 Å². The third-order valence-corrected chi connectivity index (χ3v) is 2.21. The van der Waals surface area contributed by atoms with Gasteiger partial charge in [-0.05, 0) is 13.0 Å². The number of aromatic nitrogens is 2. The molecule has 2 aromatic heterocycles. The number of aryl methyl sites for hydroxylation is 2. The number of nitrogen functional groups attached to an aromatic ring is 1. The summed E-state index contributed by atoms with van der Waals surface area (Å²) in [7, 11) is 0. The highest BCUT2D eigenvalue weighted by molar-refractivity contribution is 6.04. The first-order valence-electron chi connectivity index (χ1n) is 5.03. The van der Waals surface area contributed by atoms with Crippen molar-refractivity contribution in [1.29, 1.82) is 0 Å². The Morgan fingerprint density at radius 3 is 2.82 bits per heavy atom. The molecular formula is C11H12N4O2. The predicted octanol–water partition coefficient (Wildman–Crippen LogP) is 1.52. The fourth-order valence-corrected chi connectivity index (χ4v) is 1.44. The normalized spacial score (nSPS) is 10.2. The number of oxazole rings is 1. The van der Waals surface area contributed by atoms with Crippen LogP contribution in [0.3, 0.4) is 0 Å². The Hall–Kier alpha value is -2.37. The largest absolute Gasteiger partial charge is 0.436 e. The maximum Gasteiger partial charge on any atom is 0.293 e. The molecular weight excluding hydrogens is 220 g/mol. The molecule has 0 saturated heterocycles. The van der Waals surface area contributed by atoms with E-state index >= 15 is 0 Å². The number of nitrogens with zero attached hydrogens (tertiary/aromatic N) is 2. The van der Waals surface area contributed by atoms with E-state index in [0.717, 1.165) is 0 Å². The smallest absolute Gasteiger partial charge is 0.293 e. The van der Waals surface area contributed by atoms with E-state index in [2.05, 4.69) is 15.3 Å². The number of amides is 1. The lowest BCUT2D eigenvalue weighted by molar-refractivity contribution is 0.0994. The van der Waals surface area contributed by atoms with Crippen LogP contribution in [0.4, 0.5) is 11.4 Å². The molecule has 0 aliphatic heterocycles. The zero-order valence-corrected chi connectivity index (χ0v) is 9.52. The van der Waals surface area contributed by atoms with Crippen molar-refractivity contribution in [1.82, 2.24) is 9.97 Å². The quantitative estimate of drug-likeness (QED) is 0.818. The van der Waals surface area contributed by atoms with E-state index in [-0.39, 0.29) is 11.7 Å². The van der Waals surface area contributed by atoms with Crippen LogP contribution in [0.1, 0.15) is 22.1 Å². The van der Waals surface area contributed by atoms with Crippen molar-refractivity contribution in [2.24, 2.45) is 0 Å². The van der Waals surface area contributed by atoms with Crippen LogP contribution in [0.25, 0.3) is 0 Å². The molecule has 0 bridgehead atoms. The Balaban J connectivity index is 2.23. The highest BCUT2D eigenvalue weighted by atomic mass is 16.4. The molecule has 1 amide bonds. The second kappa shape index (κ2) is 4.25. The fraction of sp³-hybridized carbons (Fsp3) is 0.182. The summed E-state index contributed by atoms with van der Waals surface area (Å²) in [4.78, 5) is 19.7. The SMILES string of the molecule is Cc1nc(C)c(C(=O)Nc2ccncc2N)o1. The average Bonchev–Trinajstić information content (AvgIpc) is 2.61. The van der Waals surface area contributed by atoms with E-state index in [1.807, 2.05) is 0 Å². The molecule has 17 heavy (non-hydrogen) atoms. The molecule has 0 aliphatic rings. The summed E-state index contributed by atoms with van der Waals surface area (Å²) >= 11 is 0. The summed E-state index contributed by atoms with van der Waals surface area (Å²) in [5, 5.41) is 2.64. The minimum Gasteiger partial charge on any atom is -0.436 e. The van der Waals surface area contributed by atoms with Gasteiger partial charge in [0.25, 0.3) is 5.91 Å². The Bertz CT molecular complexity index is 562. The number of carbonyl (C=O) groups is 1. The van der Waals surface area contributed by atoms with Crippen molar-refractivity contribution < 1.29 is 9.21 Å². The number of rotatable bonds is 2. The van der Waals surface area contributed by atoms with Crippen LogP contribution < -0.4 is 11.1 Å². The third kappa shape index (κ3) is 2.25. The average molecular weight is 232 g/mol. The standard InChI is InChI=1S/C11H12N4O2/c1-6-10(17-7(2)14-6)11(16)15-9-3-4-13-5-8(9)12/h3-5H,12H2,1-2H3,(H,13,15,16). The van der Waals surface area contributed by atoms with Gasteiger partial charge in [-0.3, -0.25) is 9.78 Å². The molecule has 0 saturated carbocycles. The van der Waals surface area contributed by atoms with Crippen molar-refractivity contribution >= 4 is 17.3 Å². The number of hydrogen-bond acceptors (Lipinski definition) is 5. The first-order chi connectivity index (χ1) is 8.08. The van der Waals surface area contributed by atoms with Crippen molar-refractivity contribution in [3.8, 4) is 0 Å². The van der Waals surface area contributed by atoms with E-state index in [9.17, 15) is 4.79 Å². The van der Waals surface area contributed by atoms with Gasteiger partial charge < -0.3 is 15.5 Å². The minimum absolute atomic E-state index is 0.193. The van der Waals surface area contributed by atoms with Crippen LogP contribution in [0, 0.1) is 13.8 Å². The molecule has 0 aliphatic carbocycles. The summed E-state index contributed by atoms with van der Waals surface area (Å²) in [6, 6.07) is 1.62. The van der Waals surface area contributed by atoms with Gasteiger partial charge in [0.05, 0.1) is 23.3 Å². The molecule has 0 fully saturated rings. The number of carbonyl (C=O) groups excluding carboxylic acids is 1. The van der Waals surface area contributed by atoms with Gasteiger partial charge in [0.1, 0.15) is 0 Å². The highest BCUT2D eigenvalue weighted by Gasteiger charge is 2.16. The summed E-state index contributed by atoms with van der Waals surface area (Å²) in [5.74, 6) is 0.273. The monoisotopic (exact) mass is 232 g/mol. The molecule has 2 aromatic rings. The lowest BCUT2D eigenvalue weighted by atomic mass is 10.3.